The van der Waals surface area contributed by atoms with Gasteiger partial charge < -0.3 is 33.7 Å². The van der Waals surface area contributed by atoms with E-state index in [4.69, 9.17) is 23.7 Å². The molecule has 1 N–H and O–H groups in total. The van der Waals surface area contributed by atoms with Gasteiger partial charge in [0.2, 0.25) is 5.79 Å². The van der Waals surface area contributed by atoms with Crippen LogP contribution in [0.5, 0.6) is 0 Å². The molecule has 332 valence electrons. The fourth-order valence-electron chi connectivity index (χ4n) is 9.84. The second-order valence-corrected chi connectivity index (χ2v) is 18.2. The van der Waals surface area contributed by atoms with E-state index in [1.807, 2.05) is 41.5 Å². The number of fused-ring (bicyclic) bond motifs is 3. The van der Waals surface area contributed by atoms with Crippen LogP contribution in [0.15, 0.2) is 28.4 Å². The quantitative estimate of drug-likeness (QED) is 0.0638. The van der Waals surface area contributed by atoms with Gasteiger partial charge in [0.25, 0.3) is 11.7 Å². The second-order valence-electron chi connectivity index (χ2n) is 18.2. The number of carbonyl (C=O) groups excluding carboxylic acids is 4. The monoisotopic (exact) mass is 829 g/mol. The van der Waals surface area contributed by atoms with E-state index in [-0.39, 0.29) is 67.1 Å². The van der Waals surface area contributed by atoms with Gasteiger partial charge in [0.05, 0.1) is 30.5 Å². The van der Waals surface area contributed by atoms with Crippen LogP contribution in [0.25, 0.3) is 10.4 Å². The summed E-state index contributed by atoms with van der Waals surface area (Å²) in [5.74, 6) is -6.31. The van der Waals surface area contributed by atoms with E-state index in [9.17, 15) is 29.8 Å². The molecule has 13 unspecified atom stereocenters. The normalized spacial score (nSPS) is 37.8. The number of carbonyl (C=O) groups is 4. The van der Waals surface area contributed by atoms with Crippen LogP contribution >= 0.6 is 0 Å². The van der Waals surface area contributed by atoms with Crippen LogP contribution in [-0.4, -0.2) is 109 Å². The summed E-state index contributed by atoms with van der Waals surface area (Å²) in [6.45, 7) is 15.7. The summed E-state index contributed by atoms with van der Waals surface area (Å²) in [5, 5.41) is 16.1. The van der Waals surface area contributed by atoms with Crippen molar-refractivity contribution in [2.24, 2.45) is 34.7 Å². The maximum Gasteiger partial charge on any atom is 0.329 e. The van der Waals surface area contributed by atoms with Crippen LogP contribution in [0.4, 0.5) is 0 Å². The van der Waals surface area contributed by atoms with E-state index in [1.165, 1.54) is 4.90 Å². The number of nitrogens with zero attached hydrogens (tertiary/aromatic N) is 4. The summed E-state index contributed by atoms with van der Waals surface area (Å²) in [4.78, 5) is 61.1. The van der Waals surface area contributed by atoms with Gasteiger partial charge in [0, 0.05) is 43.9 Å². The predicted octanol–water partition coefficient (Wildman–Crippen LogP) is 7.60. The number of aliphatic hydroxyl groups is 1. The van der Waals surface area contributed by atoms with E-state index in [2.05, 4.69) is 29.1 Å². The number of methoxy groups -OCH3 is 2. The summed E-state index contributed by atoms with van der Waals surface area (Å²) in [7, 11) is 3.10. The van der Waals surface area contributed by atoms with Gasteiger partial charge in [-0.3, -0.25) is 14.4 Å². The van der Waals surface area contributed by atoms with Crippen molar-refractivity contribution in [1.29, 1.82) is 0 Å². The number of azide groups is 1. The Morgan fingerprint density at radius 1 is 1.03 bits per heavy atom. The zero-order valence-electron chi connectivity index (χ0n) is 37.3. The van der Waals surface area contributed by atoms with Crippen LogP contribution in [0, 0.1) is 29.6 Å². The van der Waals surface area contributed by atoms with Gasteiger partial charge in [-0.25, -0.2) is 4.79 Å². The third-order valence-corrected chi connectivity index (χ3v) is 13.1. The number of hydrogen-bond acceptors (Lipinski definition) is 11. The zero-order valence-corrected chi connectivity index (χ0v) is 37.3. The first-order chi connectivity index (χ1) is 28.0. The van der Waals surface area contributed by atoms with Gasteiger partial charge in [0.15, 0.2) is 0 Å². The first kappa shape index (κ1) is 48.5. The minimum Gasteiger partial charge on any atom is -0.456 e. The summed E-state index contributed by atoms with van der Waals surface area (Å²) in [6.07, 6.45) is 7.55. The Hall–Kier alpha value is -3.13. The number of ketones is 2. The maximum absolute atomic E-state index is 14.4. The molecule has 0 aromatic heterocycles. The molecular formula is C45H72N4O10. The lowest BCUT2D eigenvalue weighted by Gasteiger charge is -2.47. The lowest BCUT2D eigenvalue weighted by Crippen LogP contribution is -2.64. The molecule has 2 saturated heterocycles. The minimum absolute atomic E-state index is 0.0552. The average Bonchev–Trinajstić information content (AvgIpc) is 3.20. The van der Waals surface area contributed by atoms with Crippen molar-refractivity contribution in [3.63, 3.8) is 0 Å². The number of allylic oxidation sites excluding steroid dienone is 3. The van der Waals surface area contributed by atoms with Gasteiger partial charge in [0.1, 0.15) is 24.0 Å². The Kier molecular flexibility index (Phi) is 18.2. The molecule has 4 aliphatic rings. The van der Waals surface area contributed by atoms with E-state index < -0.39 is 59.8 Å². The molecule has 3 fully saturated rings. The van der Waals surface area contributed by atoms with Gasteiger partial charge in [-0.1, -0.05) is 50.5 Å². The Labute approximate surface area is 351 Å². The summed E-state index contributed by atoms with van der Waals surface area (Å²) < 4.78 is 30.6. The molecule has 1 amide bonds. The molecule has 14 heteroatoms. The molecule has 0 spiro atoms. The largest absolute Gasteiger partial charge is 0.456 e. The number of piperidine rings is 1. The molecule has 13 atom stereocenters. The highest BCUT2D eigenvalue weighted by Gasteiger charge is 2.56. The molecule has 4 rings (SSSR count). The SMILES string of the molecule is CCC1C=C(C)CC(C)CC(OC)C2OC(O)(C(=O)C(=O)N3CCCCC3C(=O)OC(C(C)=CC3CCC(N=[N+]=[N-])C(OC(C)C)C3)C(C)CCC1=O)C(C)CC2OC. The summed E-state index contributed by atoms with van der Waals surface area (Å²) in [5.41, 5.74) is 11.1. The molecule has 1 saturated carbocycles. The first-order valence-corrected chi connectivity index (χ1v) is 22.1. The number of esters is 1. The van der Waals surface area contributed by atoms with E-state index in [0.717, 1.165) is 17.6 Å². The van der Waals surface area contributed by atoms with Crippen molar-refractivity contribution in [1.82, 2.24) is 4.90 Å². The Bertz CT molecular complexity index is 1580. The van der Waals surface area contributed by atoms with Crippen molar-refractivity contribution in [3.05, 3.63) is 33.7 Å². The smallest absolute Gasteiger partial charge is 0.329 e. The molecule has 0 aromatic rings. The van der Waals surface area contributed by atoms with Crippen molar-refractivity contribution < 1.29 is 48.0 Å². The van der Waals surface area contributed by atoms with Gasteiger partial charge in [-0.2, -0.15) is 0 Å². The molecule has 3 aliphatic heterocycles. The molecule has 59 heavy (non-hydrogen) atoms. The third-order valence-electron chi connectivity index (χ3n) is 13.1. The minimum atomic E-state index is -2.48. The molecule has 2 bridgehead atoms. The number of amides is 1. The van der Waals surface area contributed by atoms with E-state index in [1.54, 1.807) is 21.1 Å². The van der Waals surface area contributed by atoms with Gasteiger partial charge >= 0.3 is 5.97 Å². The van der Waals surface area contributed by atoms with E-state index in [0.29, 0.717) is 57.8 Å². The molecule has 3 heterocycles. The fraction of sp³-hybridized carbons (Fsp3) is 0.822. The topological polar surface area (TPSA) is 187 Å². The van der Waals surface area contributed by atoms with Crippen LogP contribution in [0.1, 0.15) is 132 Å². The van der Waals surface area contributed by atoms with Crippen molar-refractivity contribution in [2.75, 3.05) is 20.8 Å². The average molecular weight is 829 g/mol. The van der Waals surface area contributed by atoms with Crippen LogP contribution in [0.2, 0.25) is 0 Å². The molecular weight excluding hydrogens is 757 g/mol. The highest BCUT2D eigenvalue weighted by Crippen LogP contribution is 2.39. The summed E-state index contributed by atoms with van der Waals surface area (Å²) >= 11 is 0. The molecule has 0 radical (unpaired) electrons. The highest BCUT2D eigenvalue weighted by atomic mass is 16.7. The molecule has 14 nitrogen and oxygen atoms in total. The third kappa shape index (κ3) is 12.3. The second kappa shape index (κ2) is 22.1. The number of rotatable bonds is 8. The lowest BCUT2D eigenvalue weighted by atomic mass is 9.81. The number of ether oxygens (including phenoxy) is 5. The van der Waals surface area contributed by atoms with E-state index >= 15 is 0 Å². The Morgan fingerprint density at radius 2 is 1.73 bits per heavy atom. The molecule has 1 aliphatic carbocycles. The van der Waals surface area contributed by atoms with Gasteiger partial charge in [-0.05, 0) is 127 Å². The maximum atomic E-state index is 14.4. The number of hydrogen-bond donors (Lipinski definition) is 1. The van der Waals surface area contributed by atoms with Crippen LogP contribution in [0.3, 0.4) is 0 Å². The number of cyclic esters (lactones) is 1. The zero-order chi connectivity index (χ0) is 43.6. The lowest BCUT2D eigenvalue weighted by molar-refractivity contribution is -0.302. The first-order valence-electron chi connectivity index (χ1n) is 22.1. The van der Waals surface area contributed by atoms with Crippen molar-refractivity contribution in [2.45, 2.75) is 187 Å². The standard InChI is InChI=1S/C45H72N4O10/c1-11-33-21-27(4)20-28(5)22-38(55-9)41-39(56-10)24-31(8)45(54,59-41)42(51)43(52)49-19-13-12-14-35(49)44(53)58-40(29(6)15-18-36(33)50)30(7)23-32-16-17-34(47-48-46)37(25-32)57-26(2)3/h21,23,26,28-29,31-35,37-41,54H,11-20,22,24-25H2,1-10H3. The fourth-order valence-corrected chi connectivity index (χ4v) is 9.84. The Morgan fingerprint density at radius 3 is 2.37 bits per heavy atom. The van der Waals surface area contributed by atoms with Crippen molar-refractivity contribution in [3.8, 4) is 0 Å². The predicted molar refractivity (Wildman–Crippen MR) is 223 cm³/mol. The van der Waals surface area contributed by atoms with Crippen molar-refractivity contribution >= 4 is 23.4 Å². The summed E-state index contributed by atoms with van der Waals surface area (Å²) in [6, 6.07) is -1.33. The number of Topliss-reactive ketones (excluding diaryl/α,β-unsaturated/α-hetero) is 2. The van der Waals surface area contributed by atoms with Gasteiger partial charge in [-0.15, -0.1) is 0 Å². The Balaban J connectivity index is 1.73. The van der Waals surface area contributed by atoms with Crippen LogP contribution in [-0.2, 0) is 42.9 Å². The highest BCUT2D eigenvalue weighted by molar-refractivity contribution is 6.39. The van der Waals surface area contributed by atoms with Crippen LogP contribution < -0.4 is 0 Å². The molecule has 0 aromatic carbocycles.